The monoisotopic (exact) mass is 423 g/mol. The van der Waals surface area contributed by atoms with Gasteiger partial charge in [0.25, 0.3) is 0 Å². The van der Waals surface area contributed by atoms with Crippen molar-refractivity contribution in [2.75, 3.05) is 20.2 Å². The van der Waals surface area contributed by atoms with Gasteiger partial charge in [-0.2, -0.15) is 0 Å². The largest absolute Gasteiger partial charge is 0.448 e. The second-order valence-corrected chi connectivity index (χ2v) is 8.49. The molecule has 11 heteroatoms. The fourth-order valence-electron chi connectivity index (χ4n) is 4.55. The lowest BCUT2D eigenvalue weighted by Gasteiger charge is -2.43. The highest BCUT2D eigenvalue weighted by Crippen LogP contribution is 2.43. The van der Waals surface area contributed by atoms with Crippen molar-refractivity contribution >= 4 is 43.6 Å². The molecule has 32 heavy (non-hydrogen) atoms. The maximum absolute atomic E-state index is 12.7. The highest BCUT2D eigenvalue weighted by atomic mass is 16.5. The minimum atomic E-state index is -1.62. The third-order valence-corrected chi connectivity index (χ3v) is 6.20. The molecule has 3 aliphatic rings. The Bertz CT molecular complexity index is 975. The number of hydrogen-bond donors (Lipinski definition) is 0. The van der Waals surface area contributed by atoms with Gasteiger partial charge < -0.3 is 14.1 Å². The lowest BCUT2D eigenvalue weighted by atomic mass is 9.56. The molecule has 3 aliphatic heterocycles. The zero-order valence-corrected chi connectivity index (χ0v) is 17.9. The Hall–Kier alpha value is -2.25. The first kappa shape index (κ1) is 22.9. The molecular formula is C21H21B4N3O4. The summed E-state index contributed by atoms with van der Waals surface area (Å²) < 4.78 is 10.5. The van der Waals surface area contributed by atoms with Gasteiger partial charge in [0.15, 0.2) is 12.2 Å². The summed E-state index contributed by atoms with van der Waals surface area (Å²) in [6, 6.07) is 7.60. The topological polar surface area (TPSA) is 75.9 Å². The van der Waals surface area contributed by atoms with Crippen LogP contribution in [-0.4, -0.2) is 90.7 Å². The summed E-state index contributed by atoms with van der Waals surface area (Å²) in [5.41, 5.74) is 1.13. The first-order valence-electron chi connectivity index (χ1n) is 10.4. The number of aromatic nitrogens is 1. The Morgan fingerprint density at radius 3 is 2.31 bits per heavy atom. The van der Waals surface area contributed by atoms with Crippen LogP contribution >= 0.6 is 0 Å². The number of nitrogens with zero attached hydrogens (tertiary/aromatic N) is 3. The molecule has 7 nitrogen and oxygen atoms in total. The number of carbonyl (C=O) groups excluding carboxylic acids is 2. The minimum Gasteiger partial charge on any atom is -0.448 e. The van der Waals surface area contributed by atoms with Gasteiger partial charge in [0.2, 0.25) is 5.91 Å². The lowest BCUT2D eigenvalue weighted by Crippen LogP contribution is -2.56. The molecule has 2 unspecified atom stereocenters. The van der Waals surface area contributed by atoms with Crippen LogP contribution in [0.1, 0.15) is 40.3 Å². The Morgan fingerprint density at radius 1 is 1.22 bits per heavy atom. The van der Waals surface area contributed by atoms with E-state index in [-0.39, 0.29) is 24.4 Å². The van der Waals surface area contributed by atoms with Gasteiger partial charge in [0.05, 0.1) is 44.1 Å². The van der Waals surface area contributed by atoms with Gasteiger partial charge in [-0.3, -0.25) is 14.5 Å². The molecule has 4 heterocycles. The number of likely N-dealkylation sites (tertiary alicyclic amines) is 1. The molecule has 1 amide bonds. The predicted octanol–water partition coefficient (Wildman–Crippen LogP) is -0.0540. The molecule has 2 fully saturated rings. The fourth-order valence-corrected chi connectivity index (χ4v) is 4.55. The van der Waals surface area contributed by atoms with E-state index in [0.717, 1.165) is 24.1 Å². The average Bonchev–Trinajstić information content (AvgIpc) is 3.51. The van der Waals surface area contributed by atoms with Crippen molar-refractivity contribution in [3.05, 3.63) is 53.2 Å². The number of ether oxygens (including phenoxy) is 1. The van der Waals surface area contributed by atoms with E-state index in [1.54, 1.807) is 24.3 Å². The number of carbonyl (C=O) groups is 2. The number of benzene rings is 1. The summed E-state index contributed by atoms with van der Waals surface area (Å²) in [5, 5.41) is -3.25. The van der Waals surface area contributed by atoms with Crippen LogP contribution in [-0.2, 0) is 26.6 Å². The zero-order chi connectivity index (χ0) is 23.1. The number of rotatable bonds is 4. The van der Waals surface area contributed by atoms with Gasteiger partial charge in [0, 0.05) is 25.4 Å². The molecule has 0 saturated carbocycles. The van der Waals surface area contributed by atoms with Crippen molar-refractivity contribution in [1.82, 2.24) is 14.8 Å². The molecule has 0 aliphatic carbocycles. The summed E-state index contributed by atoms with van der Waals surface area (Å²) in [6.45, 7) is 2.13. The van der Waals surface area contributed by atoms with Crippen molar-refractivity contribution in [1.29, 1.82) is 0 Å². The molecule has 0 N–H and O–H groups in total. The van der Waals surface area contributed by atoms with Gasteiger partial charge >= 0.3 is 0 Å². The molecule has 2 bridgehead atoms. The molecule has 2 atom stereocenters. The number of morpholine rings is 1. The summed E-state index contributed by atoms with van der Waals surface area (Å²) in [6.07, 6.45) is 3.75. The van der Waals surface area contributed by atoms with Crippen LogP contribution in [0.2, 0.25) is 0 Å². The quantitative estimate of drug-likeness (QED) is 0.508. The van der Waals surface area contributed by atoms with Crippen molar-refractivity contribution in [2.45, 2.75) is 42.1 Å². The standard InChI is InChI=1S/C15H10B4N2O3.C6H11NO/c16-14(17)10-3-1-2-4-11(10)15(18,19)21(14)13(23)6-5-12-20-9(7-22)8-24-12;1-7-3-6-2-5(7)4-8-6/h1-4,7-8H,5-6H2;5-6H,2-4H2,1H3. The highest BCUT2D eigenvalue weighted by molar-refractivity contribution is 6.47. The van der Waals surface area contributed by atoms with Crippen LogP contribution in [0.5, 0.6) is 0 Å². The first-order valence-corrected chi connectivity index (χ1v) is 10.4. The van der Waals surface area contributed by atoms with Crippen LogP contribution in [0.3, 0.4) is 0 Å². The Morgan fingerprint density at radius 2 is 1.88 bits per heavy atom. The van der Waals surface area contributed by atoms with Gasteiger partial charge in [-0.25, -0.2) is 4.98 Å². The van der Waals surface area contributed by atoms with Gasteiger partial charge in [-0.15, -0.1) is 0 Å². The maximum Gasteiger partial charge on any atom is 0.221 e. The maximum atomic E-state index is 12.7. The molecule has 8 radical (unpaired) electrons. The van der Waals surface area contributed by atoms with E-state index in [0.29, 0.717) is 23.5 Å². The normalized spacial score (nSPS) is 24.6. The van der Waals surface area contributed by atoms with E-state index in [1.165, 1.54) is 12.7 Å². The number of aldehydes is 1. The SMILES string of the molecule is CN1CC2CC1CO2.[B]C1([B])c2ccccc2C([B])([B])N1C(=O)CCc1nc(C=O)co1. The summed E-state index contributed by atoms with van der Waals surface area (Å²) in [5.74, 6) is -0.200. The number of amides is 1. The first-order chi connectivity index (χ1) is 15.1. The third-order valence-electron chi connectivity index (χ3n) is 6.20. The van der Waals surface area contributed by atoms with Crippen LogP contribution in [0.15, 0.2) is 34.9 Å². The van der Waals surface area contributed by atoms with E-state index in [4.69, 9.17) is 40.5 Å². The molecular weight excluding hydrogens is 401 g/mol. The zero-order valence-electron chi connectivity index (χ0n) is 17.9. The highest BCUT2D eigenvalue weighted by Gasteiger charge is 2.48. The summed E-state index contributed by atoms with van der Waals surface area (Å²) in [4.78, 5) is 30.6. The molecule has 156 valence electrons. The lowest BCUT2D eigenvalue weighted by molar-refractivity contribution is -0.134. The van der Waals surface area contributed by atoms with Crippen molar-refractivity contribution < 1.29 is 18.7 Å². The van der Waals surface area contributed by atoms with Crippen LogP contribution in [0, 0.1) is 0 Å². The van der Waals surface area contributed by atoms with Crippen LogP contribution in [0.25, 0.3) is 0 Å². The molecule has 2 aromatic rings. The predicted molar refractivity (Wildman–Crippen MR) is 121 cm³/mol. The molecule has 1 aromatic heterocycles. The van der Waals surface area contributed by atoms with Crippen molar-refractivity contribution in [3.63, 3.8) is 0 Å². The van der Waals surface area contributed by atoms with E-state index in [9.17, 15) is 9.59 Å². The fraction of sp³-hybridized carbons (Fsp3) is 0.476. The van der Waals surface area contributed by atoms with E-state index >= 15 is 0 Å². The molecule has 0 spiro atoms. The summed E-state index contributed by atoms with van der Waals surface area (Å²) >= 11 is 0. The number of oxazole rings is 1. The number of hydrogen-bond acceptors (Lipinski definition) is 6. The average molecular weight is 423 g/mol. The molecule has 1 aromatic carbocycles. The third kappa shape index (κ3) is 4.08. The van der Waals surface area contributed by atoms with Gasteiger partial charge in [0.1, 0.15) is 12.0 Å². The van der Waals surface area contributed by atoms with Crippen molar-refractivity contribution in [2.24, 2.45) is 0 Å². The number of fused-ring (bicyclic) bond motifs is 3. The van der Waals surface area contributed by atoms with E-state index < -0.39 is 16.6 Å². The minimum absolute atomic E-state index is 0.0287. The van der Waals surface area contributed by atoms with Gasteiger partial charge in [-0.1, -0.05) is 24.3 Å². The van der Waals surface area contributed by atoms with Gasteiger partial charge in [-0.05, 0) is 35.3 Å². The Labute approximate surface area is 192 Å². The second kappa shape index (κ2) is 8.60. The van der Waals surface area contributed by atoms with Crippen LogP contribution < -0.4 is 0 Å². The Balaban J connectivity index is 0.000000254. The Kier molecular flexibility index (Phi) is 6.16. The number of likely N-dealkylation sites (N-methyl/N-ethyl adjacent to an activating group) is 1. The van der Waals surface area contributed by atoms with Crippen molar-refractivity contribution in [3.8, 4) is 0 Å². The smallest absolute Gasteiger partial charge is 0.221 e. The number of aryl methyl sites for hydroxylation is 1. The molecule has 5 rings (SSSR count). The van der Waals surface area contributed by atoms with E-state index in [1.807, 2.05) is 0 Å². The van der Waals surface area contributed by atoms with Crippen LogP contribution in [0.4, 0.5) is 0 Å². The summed E-state index contributed by atoms with van der Waals surface area (Å²) in [7, 11) is 26.7. The molecule has 2 saturated heterocycles. The van der Waals surface area contributed by atoms with E-state index in [2.05, 4.69) is 16.9 Å². The second-order valence-electron chi connectivity index (χ2n) is 8.49.